The molecule has 2 bridgehead atoms. The van der Waals surface area contributed by atoms with Gasteiger partial charge in [0.25, 0.3) is 0 Å². The predicted molar refractivity (Wildman–Crippen MR) is 65.2 cm³/mol. The number of carbonyl (C=O) groups excluding carboxylic acids is 3. The Labute approximate surface area is 109 Å². The van der Waals surface area contributed by atoms with Crippen molar-refractivity contribution < 1.29 is 14.4 Å². The summed E-state index contributed by atoms with van der Waals surface area (Å²) in [6.07, 6.45) is 1.54. The molecule has 0 aromatic carbocycles. The van der Waals surface area contributed by atoms with Crippen LogP contribution >= 0.6 is 0 Å². The molecule has 6 heteroatoms. The van der Waals surface area contributed by atoms with E-state index in [0.717, 1.165) is 18.6 Å². The van der Waals surface area contributed by atoms with Gasteiger partial charge in [-0.1, -0.05) is 0 Å². The average molecular weight is 259 g/mol. The Morgan fingerprint density at radius 1 is 1.16 bits per heavy atom. The van der Waals surface area contributed by atoms with E-state index in [1.807, 2.05) is 0 Å². The van der Waals surface area contributed by atoms with Crippen LogP contribution in [0.15, 0.2) is 16.4 Å². The minimum absolute atomic E-state index is 0.00435. The van der Waals surface area contributed by atoms with Gasteiger partial charge in [0.05, 0.1) is 17.5 Å². The summed E-state index contributed by atoms with van der Waals surface area (Å²) in [4.78, 5) is 37.4. The fourth-order valence-electron chi connectivity index (χ4n) is 3.96. The maximum Gasteiger partial charge on any atom is 0.221 e. The van der Waals surface area contributed by atoms with Gasteiger partial charge in [-0.15, -0.1) is 0 Å². The number of amides is 2. The Morgan fingerprint density at radius 2 is 1.84 bits per heavy atom. The van der Waals surface area contributed by atoms with E-state index in [9.17, 15) is 14.4 Å². The van der Waals surface area contributed by atoms with E-state index in [2.05, 4.69) is 10.7 Å². The molecule has 6 nitrogen and oxygen atoms in total. The number of aliphatic imine (C=N–C) groups is 1. The Bertz CT molecular complexity index is 596. The van der Waals surface area contributed by atoms with Crippen molar-refractivity contribution in [2.24, 2.45) is 46.0 Å². The lowest BCUT2D eigenvalue weighted by atomic mass is 9.72. The molecule has 2 saturated carbocycles. The first-order chi connectivity index (χ1) is 9.04. The van der Waals surface area contributed by atoms with Crippen molar-refractivity contribution in [2.75, 3.05) is 0 Å². The van der Waals surface area contributed by atoms with Gasteiger partial charge in [0.2, 0.25) is 11.8 Å². The van der Waals surface area contributed by atoms with E-state index < -0.39 is 23.7 Å². The minimum Gasteiger partial charge on any atom is -0.369 e. The Kier molecular flexibility index (Phi) is 2.45. The zero-order valence-corrected chi connectivity index (χ0v) is 10.1. The van der Waals surface area contributed by atoms with Gasteiger partial charge >= 0.3 is 0 Å². The van der Waals surface area contributed by atoms with Gasteiger partial charge in [-0.2, -0.15) is 0 Å². The van der Waals surface area contributed by atoms with E-state index in [-0.39, 0.29) is 17.8 Å². The number of hydrogen-bond donors (Lipinski definition) is 2. The zero-order valence-electron chi connectivity index (χ0n) is 10.1. The topological polar surface area (TPSA) is 116 Å². The molecule has 1 heterocycles. The molecule has 19 heavy (non-hydrogen) atoms. The van der Waals surface area contributed by atoms with Crippen molar-refractivity contribution in [1.29, 1.82) is 0 Å². The molecule has 0 aromatic heterocycles. The van der Waals surface area contributed by atoms with E-state index in [1.165, 1.54) is 0 Å². The van der Waals surface area contributed by atoms with Crippen LogP contribution in [0.1, 0.15) is 12.8 Å². The molecule has 3 aliphatic rings. The van der Waals surface area contributed by atoms with Gasteiger partial charge < -0.3 is 11.5 Å². The third-order valence-corrected chi connectivity index (χ3v) is 4.61. The normalized spacial score (nSPS) is 38.4. The van der Waals surface area contributed by atoms with Gasteiger partial charge in [0.1, 0.15) is 5.70 Å². The molecule has 2 amide bonds. The smallest absolute Gasteiger partial charge is 0.221 e. The second-order valence-electron chi connectivity index (χ2n) is 5.43. The maximum atomic E-state index is 11.6. The second kappa shape index (κ2) is 3.92. The number of nitrogens with two attached hydrogens (primary N) is 2. The molecule has 5 unspecified atom stereocenters. The third-order valence-electron chi connectivity index (χ3n) is 4.61. The zero-order chi connectivity index (χ0) is 13.7. The molecule has 0 aromatic rings. The summed E-state index contributed by atoms with van der Waals surface area (Å²) in [5.74, 6) is -0.122. The Hall–Kier alpha value is -2.16. The van der Waals surface area contributed by atoms with Crippen molar-refractivity contribution in [3.05, 3.63) is 11.4 Å². The number of nitrogens with zero attached hydrogens (tertiary/aromatic N) is 1. The monoisotopic (exact) mass is 259 g/mol. The number of fused-ring (bicyclic) bond motifs is 2. The van der Waals surface area contributed by atoms with E-state index in [1.54, 1.807) is 5.94 Å². The van der Waals surface area contributed by atoms with Crippen LogP contribution < -0.4 is 11.5 Å². The van der Waals surface area contributed by atoms with Gasteiger partial charge in [-0.05, 0) is 24.7 Å². The average Bonchev–Trinajstić information content (AvgIpc) is 2.84. The quantitative estimate of drug-likeness (QED) is 0.509. The number of allylic oxidation sites excluding steroid dienone is 1. The second-order valence-corrected chi connectivity index (χ2v) is 5.43. The van der Waals surface area contributed by atoms with Crippen LogP contribution in [0.5, 0.6) is 0 Å². The summed E-state index contributed by atoms with van der Waals surface area (Å²) < 4.78 is 0. The van der Waals surface area contributed by atoms with Crippen LogP contribution in [0.3, 0.4) is 0 Å². The lowest BCUT2D eigenvalue weighted by Crippen LogP contribution is -2.44. The highest BCUT2D eigenvalue weighted by Crippen LogP contribution is 2.57. The van der Waals surface area contributed by atoms with Crippen molar-refractivity contribution in [2.45, 2.75) is 12.8 Å². The summed E-state index contributed by atoms with van der Waals surface area (Å²) in [5.41, 5.74) is 14.5. The molecule has 0 spiro atoms. The minimum atomic E-state index is -0.508. The van der Waals surface area contributed by atoms with Crippen molar-refractivity contribution in [3.8, 4) is 0 Å². The van der Waals surface area contributed by atoms with Crippen LogP contribution in [-0.4, -0.2) is 23.5 Å². The van der Waals surface area contributed by atoms with Crippen molar-refractivity contribution in [3.63, 3.8) is 0 Å². The van der Waals surface area contributed by atoms with Gasteiger partial charge in [-0.25, -0.2) is 9.79 Å². The fraction of sp³-hybridized carbons (Fsp3) is 0.538. The third kappa shape index (κ3) is 1.65. The molecular formula is C13H13N3O3. The number of rotatable bonds is 3. The largest absolute Gasteiger partial charge is 0.369 e. The molecule has 2 fully saturated rings. The molecule has 1 aliphatic heterocycles. The standard InChI is InChI=1S/C13H13N3O3/c14-12(18)9-5-3-6(10(9)13(15)19)7(4-5)11-8(16-11)1-2-17/h5-7,9-10H,3-4H2,(H2,14,18)(H2,15,19). The van der Waals surface area contributed by atoms with E-state index in [4.69, 9.17) is 11.5 Å². The summed E-state index contributed by atoms with van der Waals surface area (Å²) in [5, 5.41) is 0. The molecule has 3 rings (SSSR count). The molecule has 98 valence electrons. The highest BCUT2D eigenvalue weighted by Gasteiger charge is 2.59. The summed E-state index contributed by atoms with van der Waals surface area (Å²) in [6, 6.07) is 0. The fourth-order valence-corrected chi connectivity index (χ4v) is 3.96. The molecular weight excluding hydrogens is 246 g/mol. The molecule has 0 radical (unpaired) electrons. The van der Waals surface area contributed by atoms with Crippen LogP contribution in [0, 0.1) is 29.6 Å². The van der Waals surface area contributed by atoms with Crippen LogP contribution in [0.25, 0.3) is 0 Å². The summed E-state index contributed by atoms with van der Waals surface area (Å²) in [6.45, 7) is 0. The summed E-state index contributed by atoms with van der Waals surface area (Å²) >= 11 is 0. The van der Waals surface area contributed by atoms with E-state index >= 15 is 0 Å². The highest BCUT2D eigenvalue weighted by atomic mass is 16.2. The van der Waals surface area contributed by atoms with Crippen molar-refractivity contribution >= 4 is 23.5 Å². The first-order valence-electron chi connectivity index (χ1n) is 6.22. The van der Waals surface area contributed by atoms with Crippen molar-refractivity contribution in [1.82, 2.24) is 0 Å². The lowest BCUT2D eigenvalue weighted by Gasteiger charge is -2.30. The lowest BCUT2D eigenvalue weighted by molar-refractivity contribution is -0.133. The molecule has 0 saturated heterocycles. The van der Waals surface area contributed by atoms with Crippen LogP contribution in [-0.2, 0) is 14.4 Å². The highest BCUT2D eigenvalue weighted by molar-refractivity contribution is 6.14. The first-order valence-corrected chi connectivity index (χ1v) is 6.22. The Morgan fingerprint density at radius 3 is 2.42 bits per heavy atom. The molecule has 2 aliphatic carbocycles. The van der Waals surface area contributed by atoms with Crippen LogP contribution in [0.2, 0.25) is 0 Å². The van der Waals surface area contributed by atoms with Crippen LogP contribution in [0.4, 0.5) is 0 Å². The van der Waals surface area contributed by atoms with E-state index in [0.29, 0.717) is 5.70 Å². The molecule has 5 atom stereocenters. The summed E-state index contributed by atoms with van der Waals surface area (Å²) in [7, 11) is 0. The first kappa shape index (κ1) is 11.9. The number of hydrogen-bond acceptors (Lipinski definition) is 4. The maximum absolute atomic E-state index is 11.6. The van der Waals surface area contributed by atoms with Gasteiger partial charge in [0, 0.05) is 11.6 Å². The molecule has 4 N–H and O–H groups in total. The number of primary amides is 2. The number of carbonyl (C=O) groups is 2. The van der Waals surface area contributed by atoms with Gasteiger partial charge in [-0.3, -0.25) is 9.59 Å². The van der Waals surface area contributed by atoms with Gasteiger partial charge in [0.15, 0.2) is 5.94 Å². The predicted octanol–water partition coefficient (Wildman–Crippen LogP) is -0.829. The SMILES string of the molecule is NC(=O)C1C2CC(C3=NC3=C=C=O)C(C2)C1C(N)=O. The Balaban J connectivity index is 1.87.